The second kappa shape index (κ2) is 9.21. The number of benzene rings is 1. The molecule has 6 heteroatoms. The van der Waals surface area contributed by atoms with Gasteiger partial charge < -0.3 is 14.5 Å². The number of likely N-dealkylation sites (N-methyl/N-ethyl adjacent to an activating group) is 1. The van der Waals surface area contributed by atoms with Crippen molar-refractivity contribution in [2.75, 3.05) is 33.8 Å². The maximum Gasteiger partial charge on any atom is 0.278 e. The van der Waals surface area contributed by atoms with Gasteiger partial charge in [-0.2, -0.15) is 0 Å². The van der Waals surface area contributed by atoms with Crippen LogP contribution in [0.4, 0.5) is 0 Å². The van der Waals surface area contributed by atoms with Crippen molar-refractivity contribution in [3.8, 4) is 5.75 Å². The van der Waals surface area contributed by atoms with Crippen molar-refractivity contribution < 1.29 is 14.3 Å². The van der Waals surface area contributed by atoms with E-state index in [9.17, 15) is 9.59 Å². The molecule has 0 atom stereocenters. The van der Waals surface area contributed by atoms with Crippen molar-refractivity contribution in [1.82, 2.24) is 14.7 Å². The van der Waals surface area contributed by atoms with Gasteiger partial charge in [-0.1, -0.05) is 26.0 Å². The monoisotopic (exact) mass is 413 g/mol. The van der Waals surface area contributed by atoms with Gasteiger partial charge in [-0.05, 0) is 70.4 Å². The first-order chi connectivity index (χ1) is 14.2. The van der Waals surface area contributed by atoms with Crippen LogP contribution in [-0.2, 0) is 9.59 Å². The van der Waals surface area contributed by atoms with Gasteiger partial charge in [-0.15, -0.1) is 0 Å². The molecule has 0 aliphatic carbocycles. The van der Waals surface area contributed by atoms with E-state index >= 15 is 0 Å². The molecule has 0 spiro atoms. The van der Waals surface area contributed by atoms with Gasteiger partial charge in [-0.3, -0.25) is 14.5 Å². The number of piperidine rings is 1. The maximum atomic E-state index is 13.3. The molecule has 0 saturated carbocycles. The molecule has 2 heterocycles. The van der Waals surface area contributed by atoms with E-state index in [1.165, 1.54) is 4.90 Å². The van der Waals surface area contributed by atoms with Crippen LogP contribution in [0.1, 0.15) is 46.1 Å². The van der Waals surface area contributed by atoms with E-state index in [-0.39, 0.29) is 23.9 Å². The number of nitrogens with zero attached hydrogens (tertiary/aromatic N) is 3. The number of likely N-dealkylation sites (tertiary alicyclic amines) is 1. The van der Waals surface area contributed by atoms with Gasteiger partial charge in [0.15, 0.2) is 0 Å². The molecule has 1 saturated heterocycles. The summed E-state index contributed by atoms with van der Waals surface area (Å²) in [5.41, 5.74) is 1.80. The number of hydrogen-bond donors (Lipinski definition) is 0. The molecule has 1 fully saturated rings. The molecule has 2 amide bonds. The maximum absolute atomic E-state index is 13.3. The molecular formula is C24H35N3O3. The van der Waals surface area contributed by atoms with E-state index in [2.05, 4.69) is 25.8 Å². The predicted octanol–water partition coefficient (Wildman–Crippen LogP) is 3.24. The lowest BCUT2D eigenvalue weighted by molar-refractivity contribution is -0.139. The first kappa shape index (κ1) is 22.3. The molecule has 0 radical (unpaired) electrons. The molecule has 0 aromatic heterocycles. The second-order valence-electron chi connectivity index (χ2n) is 9.17. The van der Waals surface area contributed by atoms with Crippen LogP contribution in [-0.4, -0.2) is 72.4 Å². The van der Waals surface area contributed by atoms with Crippen LogP contribution in [0.3, 0.4) is 0 Å². The minimum absolute atomic E-state index is 0.183. The molecule has 30 heavy (non-hydrogen) atoms. The molecule has 3 rings (SSSR count). The zero-order valence-corrected chi connectivity index (χ0v) is 19.1. The summed E-state index contributed by atoms with van der Waals surface area (Å²) in [5, 5.41) is 0. The SMILES string of the molecule is CC(C)COc1ccc(C2=C(N(C)C3CCN(C)CC3)C(=O)N(C(C)C)C2=O)cc1. The Morgan fingerprint density at radius 2 is 1.63 bits per heavy atom. The zero-order valence-electron chi connectivity index (χ0n) is 19.1. The van der Waals surface area contributed by atoms with Crippen LogP contribution in [0.5, 0.6) is 5.75 Å². The molecule has 164 valence electrons. The molecule has 6 nitrogen and oxygen atoms in total. The average molecular weight is 414 g/mol. The smallest absolute Gasteiger partial charge is 0.278 e. The highest BCUT2D eigenvalue weighted by Crippen LogP contribution is 2.35. The zero-order chi connectivity index (χ0) is 22.0. The van der Waals surface area contributed by atoms with Crippen LogP contribution in [0.25, 0.3) is 5.57 Å². The highest BCUT2D eigenvalue weighted by Gasteiger charge is 2.43. The van der Waals surface area contributed by atoms with Crippen molar-refractivity contribution >= 4 is 17.4 Å². The van der Waals surface area contributed by atoms with Gasteiger partial charge in [0, 0.05) is 19.1 Å². The van der Waals surface area contributed by atoms with E-state index in [0.717, 1.165) is 37.2 Å². The van der Waals surface area contributed by atoms with Crippen molar-refractivity contribution in [2.45, 2.75) is 52.6 Å². The Hall–Kier alpha value is -2.34. The molecule has 0 unspecified atom stereocenters. The Morgan fingerprint density at radius 1 is 1.03 bits per heavy atom. The van der Waals surface area contributed by atoms with E-state index in [0.29, 0.717) is 23.8 Å². The topological polar surface area (TPSA) is 53.1 Å². The molecule has 1 aromatic rings. The summed E-state index contributed by atoms with van der Waals surface area (Å²) >= 11 is 0. The summed E-state index contributed by atoms with van der Waals surface area (Å²) in [4.78, 5) is 32.3. The highest BCUT2D eigenvalue weighted by molar-refractivity contribution is 6.35. The third-order valence-corrected chi connectivity index (χ3v) is 5.92. The van der Waals surface area contributed by atoms with Gasteiger partial charge in [0.25, 0.3) is 11.8 Å². The van der Waals surface area contributed by atoms with E-state index < -0.39 is 0 Å². The summed E-state index contributed by atoms with van der Waals surface area (Å²) in [6, 6.07) is 7.62. The number of amides is 2. The molecule has 0 N–H and O–H groups in total. The van der Waals surface area contributed by atoms with Crippen LogP contribution in [0.15, 0.2) is 30.0 Å². The van der Waals surface area contributed by atoms with Crippen molar-refractivity contribution in [2.24, 2.45) is 5.92 Å². The quantitative estimate of drug-likeness (QED) is 0.643. The Bertz CT molecular complexity index is 805. The molecule has 2 aliphatic heterocycles. The largest absolute Gasteiger partial charge is 0.493 e. The van der Waals surface area contributed by atoms with Crippen LogP contribution < -0.4 is 4.74 Å². The standard InChI is InChI=1S/C24H35N3O3/c1-16(2)15-30-20-9-7-18(8-10-20)21-22(24(29)27(17(3)4)23(21)28)26(6)19-11-13-25(5)14-12-19/h7-10,16-17,19H,11-15H2,1-6H3. The number of ether oxygens (including phenoxy) is 1. The van der Waals surface area contributed by atoms with Gasteiger partial charge in [-0.25, -0.2) is 0 Å². The van der Waals surface area contributed by atoms with Crippen LogP contribution >= 0.6 is 0 Å². The first-order valence-electron chi connectivity index (χ1n) is 11.0. The lowest BCUT2D eigenvalue weighted by Gasteiger charge is -2.36. The van der Waals surface area contributed by atoms with Crippen molar-refractivity contribution in [3.05, 3.63) is 35.5 Å². The average Bonchev–Trinajstić information content (AvgIpc) is 2.97. The van der Waals surface area contributed by atoms with Crippen molar-refractivity contribution in [3.63, 3.8) is 0 Å². The predicted molar refractivity (Wildman–Crippen MR) is 119 cm³/mol. The Labute approximate surface area is 180 Å². The summed E-state index contributed by atoms with van der Waals surface area (Å²) in [6.07, 6.45) is 1.96. The number of rotatable bonds is 7. The summed E-state index contributed by atoms with van der Waals surface area (Å²) in [7, 11) is 4.08. The van der Waals surface area contributed by atoms with Gasteiger partial charge >= 0.3 is 0 Å². The summed E-state index contributed by atoms with van der Waals surface area (Å²) in [5.74, 6) is 0.818. The minimum Gasteiger partial charge on any atom is -0.493 e. The minimum atomic E-state index is -0.208. The third-order valence-electron chi connectivity index (χ3n) is 5.92. The van der Waals surface area contributed by atoms with Crippen LogP contribution in [0, 0.1) is 5.92 Å². The highest BCUT2D eigenvalue weighted by atomic mass is 16.5. The second-order valence-corrected chi connectivity index (χ2v) is 9.17. The third kappa shape index (κ3) is 4.53. The Morgan fingerprint density at radius 3 is 2.17 bits per heavy atom. The molecule has 0 bridgehead atoms. The normalized spacial score (nSPS) is 18.9. The van der Waals surface area contributed by atoms with Gasteiger partial charge in [0.1, 0.15) is 11.4 Å². The summed E-state index contributed by atoms with van der Waals surface area (Å²) in [6.45, 7) is 10.6. The fourth-order valence-corrected chi connectivity index (χ4v) is 4.14. The number of hydrogen-bond acceptors (Lipinski definition) is 5. The first-order valence-corrected chi connectivity index (χ1v) is 11.0. The fourth-order valence-electron chi connectivity index (χ4n) is 4.14. The number of imide groups is 1. The molecule has 2 aliphatic rings. The number of carbonyl (C=O) groups is 2. The van der Waals surface area contributed by atoms with Crippen molar-refractivity contribution in [1.29, 1.82) is 0 Å². The van der Waals surface area contributed by atoms with E-state index in [1.54, 1.807) is 0 Å². The van der Waals surface area contributed by atoms with Gasteiger partial charge in [0.05, 0.1) is 12.2 Å². The van der Waals surface area contributed by atoms with Gasteiger partial charge in [0.2, 0.25) is 0 Å². The lowest BCUT2D eigenvalue weighted by atomic mass is 10.00. The van der Waals surface area contributed by atoms with E-state index in [1.807, 2.05) is 50.1 Å². The van der Waals surface area contributed by atoms with Crippen LogP contribution in [0.2, 0.25) is 0 Å². The summed E-state index contributed by atoms with van der Waals surface area (Å²) < 4.78 is 5.78. The lowest BCUT2D eigenvalue weighted by Crippen LogP contribution is -2.44. The van der Waals surface area contributed by atoms with E-state index in [4.69, 9.17) is 4.74 Å². The molecular weight excluding hydrogens is 378 g/mol. The fraction of sp³-hybridized carbons (Fsp3) is 0.583. The Balaban J connectivity index is 1.95. The Kier molecular flexibility index (Phi) is 6.86. The molecule has 1 aromatic carbocycles. The number of carbonyl (C=O) groups excluding carboxylic acids is 2.